The lowest BCUT2D eigenvalue weighted by atomic mass is 10.2. The van der Waals surface area contributed by atoms with Gasteiger partial charge in [0.25, 0.3) is 0 Å². The summed E-state index contributed by atoms with van der Waals surface area (Å²) in [6.07, 6.45) is 0. The number of benzene rings is 2. The summed E-state index contributed by atoms with van der Waals surface area (Å²) in [5.74, 6) is 1.41. The molecule has 0 aliphatic heterocycles. The number of nitrogens with one attached hydrogen (secondary N) is 1. The van der Waals surface area contributed by atoms with Gasteiger partial charge in [0, 0.05) is 23.2 Å². The molecule has 112 valence electrons. The molecule has 0 atom stereocenters. The highest BCUT2D eigenvalue weighted by Gasteiger charge is 2.09. The second-order valence-electron chi connectivity index (χ2n) is 5.32. The molecular weight excluding hydrogens is 305 g/mol. The van der Waals surface area contributed by atoms with Crippen molar-refractivity contribution in [2.75, 3.05) is 0 Å². The fourth-order valence-electron chi connectivity index (χ4n) is 1.91. The average Bonchev–Trinajstić information content (AvgIpc) is 2.41. The lowest BCUT2D eigenvalue weighted by Crippen LogP contribution is -2.22. The molecule has 4 heteroatoms. The van der Waals surface area contributed by atoms with Gasteiger partial charge in [-0.1, -0.05) is 43.1 Å². The van der Waals surface area contributed by atoms with Crippen molar-refractivity contribution in [2.24, 2.45) is 0 Å². The van der Waals surface area contributed by atoms with Gasteiger partial charge in [-0.15, -0.1) is 0 Å². The predicted octanol–water partition coefficient (Wildman–Crippen LogP) is 5.59. The summed E-state index contributed by atoms with van der Waals surface area (Å²) >= 11 is 12.3. The molecule has 0 aliphatic rings. The van der Waals surface area contributed by atoms with Gasteiger partial charge in [-0.25, -0.2) is 0 Å². The van der Waals surface area contributed by atoms with Crippen molar-refractivity contribution in [2.45, 2.75) is 33.4 Å². The Hall–Kier alpha value is -1.22. The predicted molar refractivity (Wildman–Crippen MR) is 89.7 cm³/mol. The molecule has 0 heterocycles. The van der Waals surface area contributed by atoms with E-state index in [1.165, 1.54) is 0 Å². The van der Waals surface area contributed by atoms with E-state index < -0.39 is 0 Å². The Balaban J connectivity index is 2.26. The number of hydrogen-bond donors (Lipinski definition) is 1. The van der Waals surface area contributed by atoms with Gasteiger partial charge in [0.05, 0.1) is 5.02 Å². The molecule has 0 saturated carbocycles. The van der Waals surface area contributed by atoms with Crippen molar-refractivity contribution in [1.29, 1.82) is 0 Å². The zero-order valence-corrected chi connectivity index (χ0v) is 13.9. The van der Waals surface area contributed by atoms with E-state index in [4.69, 9.17) is 27.9 Å². The molecule has 2 aromatic rings. The Morgan fingerprint density at radius 3 is 2.43 bits per heavy atom. The van der Waals surface area contributed by atoms with Gasteiger partial charge >= 0.3 is 0 Å². The van der Waals surface area contributed by atoms with Crippen molar-refractivity contribution in [1.82, 2.24) is 5.32 Å². The Bertz CT molecular complexity index is 626. The Morgan fingerprint density at radius 2 is 1.76 bits per heavy atom. The van der Waals surface area contributed by atoms with Gasteiger partial charge < -0.3 is 10.1 Å². The molecule has 0 bridgehead atoms. The monoisotopic (exact) mass is 323 g/mol. The number of halogens is 2. The lowest BCUT2D eigenvalue weighted by Gasteiger charge is -2.15. The molecule has 1 N–H and O–H groups in total. The van der Waals surface area contributed by atoms with E-state index in [0.717, 1.165) is 16.9 Å². The zero-order chi connectivity index (χ0) is 15.4. The van der Waals surface area contributed by atoms with Crippen molar-refractivity contribution in [3.8, 4) is 11.5 Å². The summed E-state index contributed by atoms with van der Waals surface area (Å²) in [6, 6.07) is 11.7. The van der Waals surface area contributed by atoms with E-state index in [1.807, 2.05) is 43.3 Å². The number of ether oxygens (including phenoxy) is 1. The van der Waals surface area contributed by atoms with Crippen molar-refractivity contribution in [3.63, 3.8) is 0 Å². The fourth-order valence-corrected chi connectivity index (χ4v) is 2.38. The Kier molecular flexibility index (Phi) is 5.51. The summed E-state index contributed by atoms with van der Waals surface area (Å²) in [5.41, 5.74) is 2.11. The van der Waals surface area contributed by atoms with E-state index in [9.17, 15) is 0 Å². The van der Waals surface area contributed by atoms with Gasteiger partial charge in [-0.2, -0.15) is 0 Å². The minimum absolute atomic E-state index is 0.389. The van der Waals surface area contributed by atoms with Crippen LogP contribution in [0.4, 0.5) is 0 Å². The largest absolute Gasteiger partial charge is 0.455 e. The number of aryl methyl sites for hydroxylation is 1. The summed E-state index contributed by atoms with van der Waals surface area (Å²) in [5, 5.41) is 4.66. The van der Waals surface area contributed by atoms with E-state index in [1.54, 1.807) is 0 Å². The molecule has 0 spiro atoms. The van der Waals surface area contributed by atoms with Crippen LogP contribution >= 0.6 is 23.2 Å². The van der Waals surface area contributed by atoms with E-state index in [2.05, 4.69) is 19.2 Å². The lowest BCUT2D eigenvalue weighted by molar-refractivity contribution is 0.469. The van der Waals surface area contributed by atoms with Gasteiger partial charge in [-0.05, 0) is 42.8 Å². The highest BCUT2D eigenvalue weighted by molar-refractivity contribution is 6.32. The SMILES string of the molecule is Cc1ccc(Oc2ccc(Cl)cc2CNC(C)C)c(Cl)c1. The molecule has 0 fully saturated rings. The summed E-state index contributed by atoms with van der Waals surface area (Å²) in [4.78, 5) is 0. The van der Waals surface area contributed by atoms with Crippen molar-refractivity contribution in [3.05, 3.63) is 57.6 Å². The molecule has 21 heavy (non-hydrogen) atoms. The molecule has 0 amide bonds. The molecule has 2 nitrogen and oxygen atoms in total. The molecule has 2 rings (SSSR count). The topological polar surface area (TPSA) is 21.3 Å². The normalized spacial score (nSPS) is 11.0. The summed E-state index contributed by atoms with van der Waals surface area (Å²) < 4.78 is 5.95. The third-order valence-electron chi connectivity index (χ3n) is 3.03. The second-order valence-corrected chi connectivity index (χ2v) is 6.17. The summed E-state index contributed by atoms with van der Waals surface area (Å²) in [6.45, 7) is 6.89. The molecule has 0 aliphatic carbocycles. The standard InChI is InChI=1S/C17H19Cl2NO/c1-11(2)20-10-13-9-14(18)5-7-16(13)21-17-6-4-12(3)8-15(17)19/h4-9,11,20H,10H2,1-3H3. The van der Waals surface area contributed by atoms with Gasteiger partial charge in [-0.3, -0.25) is 0 Å². The van der Waals surface area contributed by atoms with Crippen LogP contribution in [0.25, 0.3) is 0 Å². The maximum atomic E-state index is 6.22. The first kappa shape index (κ1) is 16.2. The fraction of sp³-hybridized carbons (Fsp3) is 0.294. The number of hydrogen-bond acceptors (Lipinski definition) is 2. The molecule has 2 aromatic carbocycles. The van der Waals surface area contributed by atoms with Crippen LogP contribution in [0.3, 0.4) is 0 Å². The first-order valence-corrected chi connectivity index (χ1v) is 7.67. The minimum Gasteiger partial charge on any atom is -0.455 e. The van der Waals surface area contributed by atoms with Crippen LogP contribution < -0.4 is 10.1 Å². The van der Waals surface area contributed by atoms with Gasteiger partial charge in [0.2, 0.25) is 0 Å². The smallest absolute Gasteiger partial charge is 0.146 e. The van der Waals surface area contributed by atoms with Crippen LogP contribution in [0.1, 0.15) is 25.0 Å². The molecule has 0 unspecified atom stereocenters. The van der Waals surface area contributed by atoms with Crippen LogP contribution in [0.2, 0.25) is 10.0 Å². The van der Waals surface area contributed by atoms with Crippen LogP contribution in [-0.2, 0) is 6.54 Å². The summed E-state index contributed by atoms with van der Waals surface area (Å²) in [7, 11) is 0. The van der Waals surface area contributed by atoms with Crippen LogP contribution in [-0.4, -0.2) is 6.04 Å². The zero-order valence-electron chi connectivity index (χ0n) is 12.4. The van der Waals surface area contributed by atoms with Crippen LogP contribution in [0, 0.1) is 6.92 Å². The molecule has 0 saturated heterocycles. The van der Waals surface area contributed by atoms with Gasteiger partial charge in [0.15, 0.2) is 0 Å². The highest BCUT2D eigenvalue weighted by Crippen LogP contribution is 2.33. The van der Waals surface area contributed by atoms with Crippen molar-refractivity contribution < 1.29 is 4.74 Å². The molecule has 0 radical (unpaired) electrons. The maximum Gasteiger partial charge on any atom is 0.146 e. The quantitative estimate of drug-likeness (QED) is 0.774. The molecule has 0 aromatic heterocycles. The van der Waals surface area contributed by atoms with E-state index in [-0.39, 0.29) is 0 Å². The minimum atomic E-state index is 0.389. The first-order valence-electron chi connectivity index (χ1n) is 6.91. The van der Waals surface area contributed by atoms with E-state index >= 15 is 0 Å². The third kappa shape index (κ3) is 4.63. The third-order valence-corrected chi connectivity index (χ3v) is 3.56. The van der Waals surface area contributed by atoms with Crippen molar-refractivity contribution >= 4 is 23.2 Å². The molecular formula is C17H19Cl2NO. The Morgan fingerprint density at radius 1 is 1.05 bits per heavy atom. The first-order chi connectivity index (χ1) is 9.95. The Labute approximate surface area is 136 Å². The van der Waals surface area contributed by atoms with Gasteiger partial charge in [0.1, 0.15) is 11.5 Å². The van der Waals surface area contributed by atoms with Crippen LogP contribution in [0.5, 0.6) is 11.5 Å². The second kappa shape index (κ2) is 7.17. The van der Waals surface area contributed by atoms with Crippen LogP contribution in [0.15, 0.2) is 36.4 Å². The maximum absolute atomic E-state index is 6.22. The van der Waals surface area contributed by atoms with E-state index in [0.29, 0.717) is 28.4 Å². The highest BCUT2D eigenvalue weighted by atomic mass is 35.5. The number of rotatable bonds is 5. The average molecular weight is 324 g/mol.